The summed E-state index contributed by atoms with van der Waals surface area (Å²) in [6, 6.07) is 11.2. The number of benzene rings is 1. The normalized spacial score (nSPS) is 10.6. The van der Waals surface area contributed by atoms with Gasteiger partial charge in [0.15, 0.2) is 0 Å². The molecule has 0 unspecified atom stereocenters. The monoisotopic (exact) mass is 215 g/mol. The summed E-state index contributed by atoms with van der Waals surface area (Å²) in [5, 5.41) is 8.71. The zero-order valence-electron chi connectivity index (χ0n) is 9.14. The van der Waals surface area contributed by atoms with Gasteiger partial charge in [0.1, 0.15) is 18.2 Å². The second kappa shape index (κ2) is 6.41. The molecule has 1 aromatic rings. The van der Waals surface area contributed by atoms with Crippen LogP contribution in [0.2, 0.25) is 0 Å². The first-order valence-electron chi connectivity index (χ1n) is 5.09. The molecule has 0 aliphatic heterocycles. The molecule has 0 aromatic heterocycles. The molecule has 3 heteroatoms. The third kappa shape index (κ3) is 3.58. The topological polar surface area (TPSA) is 50.1 Å². The number of rotatable bonds is 4. The number of hydrogen-bond acceptors (Lipinski definition) is 3. The van der Waals surface area contributed by atoms with Gasteiger partial charge >= 0.3 is 5.97 Å². The number of nitriles is 1. The first kappa shape index (κ1) is 12.0. The molecule has 0 aliphatic rings. The smallest absolute Gasteiger partial charge is 0.348 e. The van der Waals surface area contributed by atoms with Gasteiger partial charge in [-0.05, 0) is 12.0 Å². The van der Waals surface area contributed by atoms with Crippen molar-refractivity contribution < 1.29 is 9.53 Å². The molecular formula is C13H13NO2. The number of esters is 1. The van der Waals surface area contributed by atoms with Crippen molar-refractivity contribution in [1.29, 1.82) is 5.26 Å². The SMILES string of the molecule is CC/C=C(/C#N)C(=O)OCc1ccccc1. The highest BCUT2D eigenvalue weighted by Gasteiger charge is 2.09. The van der Waals surface area contributed by atoms with E-state index in [9.17, 15) is 4.79 Å². The molecule has 0 amide bonds. The molecule has 0 saturated heterocycles. The lowest BCUT2D eigenvalue weighted by atomic mass is 10.2. The standard InChI is InChI=1S/C13H13NO2/c1-2-6-12(9-14)13(15)16-10-11-7-4-3-5-8-11/h3-8H,2,10H2,1H3/b12-6-. The predicted molar refractivity (Wildman–Crippen MR) is 60.2 cm³/mol. The fourth-order valence-electron chi connectivity index (χ4n) is 1.18. The summed E-state index contributed by atoms with van der Waals surface area (Å²) < 4.78 is 5.00. The molecule has 82 valence electrons. The Morgan fingerprint density at radius 1 is 1.44 bits per heavy atom. The molecule has 0 radical (unpaired) electrons. The van der Waals surface area contributed by atoms with Crippen LogP contribution in [0.3, 0.4) is 0 Å². The van der Waals surface area contributed by atoms with E-state index in [-0.39, 0.29) is 12.2 Å². The van der Waals surface area contributed by atoms with Crippen LogP contribution in [-0.4, -0.2) is 5.97 Å². The van der Waals surface area contributed by atoms with Crippen molar-refractivity contribution in [1.82, 2.24) is 0 Å². The Hall–Kier alpha value is -2.08. The number of ether oxygens (including phenoxy) is 1. The molecule has 3 nitrogen and oxygen atoms in total. The van der Waals surface area contributed by atoms with Crippen molar-refractivity contribution in [3.63, 3.8) is 0 Å². The summed E-state index contributed by atoms with van der Waals surface area (Å²) in [4.78, 5) is 11.4. The molecule has 0 heterocycles. The molecule has 16 heavy (non-hydrogen) atoms. The van der Waals surface area contributed by atoms with Gasteiger partial charge in [-0.15, -0.1) is 0 Å². The molecule has 0 atom stereocenters. The van der Waals surface area contributed by atoms with Crippen LogP contribution in [0.4, 0.5) is 0 Å². The lowest BCUT2D eigenvalue weighted by Gasteiger charge is -2.03. The molecule has 0 aliphatic carbocycles. The Labute approximate surface area is 95.0 Å². The highest BCUT2D eigenvalue weighted by Crippen LogP contribution is 2.04. The minimum Gasteiger partial charge on any atom is -0.457 e. The average molecular weight is 215 g/mol. The van der Waals surface area contributed by atoms with Gasteiger partial charge < -0.3 is 4.74 Å². The van der Waals surface area contributed by atoms with Crippen LogP contribution >= 0.6 is 0 Å². The summed E-state index contributed by atoms with van der Waals surface area (Å²) >= 11 is 0. The molecule has 0 saturated carbocycles. The van der Waals surface area contributed by atoms with E-state index in [4.69, 9.17) is 10.00 Å². The van der Waals surface area contributed by atoms with E-state index in [0.29, 0.717) is 6.42 Å². The highest BCUT2D eigenvalue weighted by atomic mass is 16.5. The Morgan fingerprint density at radius 3 is 2.69 bits per heavy atom. The van der Waals surface area contributed by atoms with Crippen LogP contribution in [0.25, 0.3) is 0 Å². The first-order valence-corrected chi connectivity index (χ1v) is 5.09. The number of hydrogen-bond donors (Lipinski definition) is 0. The van der Waals surface area contributed by atoms with Crippen LogP contribution in [0.1, 0.15) is 18.9 Å². The number of allylic oxidation sites excluding steroid dienone is 1. The van der Waals surface area contributed by atoms with Gasteiger partial charge in [-0.1, -0.05) is 43.3 Å². The largest absolute Gasteiger partial charge is 0.457 e. The van der Waals surface area contributed by atoms with Gasteiger partial charge in [0.05, 0.1) is 0 Å². The maximum Gasteiger partial charge on any atom is 0.348 e. The van der Waals surface area contributed by atoms with Crippen LogP contribution in [-0.2, 0) is 16.1 Å². The van der Waals surface area contributed by atoms with E-state index in [2.05, 4.69) is 0 Å². The van der Waals surface area contributed by atoms with Crippen molar-refractivity contribution in [2.45, 2.75) is 20.0 Å². The summed E-state index contributed by atoms with van der Waals surface area (Å²) in [6.07, 6.45) is 2.21. The van der Waals surface area contributed by atoms with E-state index >= 15 is 0 Å². The molecule has 0 N–H and O–H groups in total. The lowest BCUT2D eigenvalue weighted by molar-refractivity contribution is -0.139. The fraction of sp³-hybridized carbons (Fsp3) is 0.231. The molecule has 0 spiro atoms. The summed E-state index contributed by atoms with van der Waals surface area (Å²) in [5.74, 6) is -0.562. The van der Waals surface area contributed by atoms with Crippen molar-refractivity contribution in [2.75, 3.05) is 0 Å². The van der Waals surface area contributed by atoms with E-state index in [1.165, 1.54) is 0 Å². The second-order valence-corrected chi connectivity index (χ2v) is 3.20. The third-order valence-corrected chi connectivity index (χ3v) is 1.96. The molecule has 1 aromatic carbocycles. The fourth-order valence-corrected chi connectivity index (χ4v) is 1.18. The van der Waals surface area contributed by atoms with E-state index < -0.39 is 5.97 Å². The van der Waals surface area contributed by atoms with Gasteiger partial charge in [0.2, 0.25) is 0 Å². The maximum absolute atomic E-state index is 11.4. The van der Waals surface area contributed by atoms with Crippen LogP contribution in [0.5, 0.6) is 0 Å². The zero-order valence-corrected chi connectivity index (χ0v) is 9.14. The van der Waals surface area contributed by atoms with Gasteiger partial charge in [0.25, 0.3) is 0 Å². The summed E-state index contributed by atoms with van der Waals surface area (Å²) in [7, 11) is 0. The number of carbonyl (C=O) groups is 1. The molecule has 0 bridgehead atoms. The van der Waals surface area contributed by atoms with E-state index in [1.54, 1.807) is 6.08 Å². The number of nitrogens with zero attached hydrogens (tertiary/aromatic N) is 1. The highest BCUT2D eigenvalue weighted by molar-refractivity contribution is 5.92. The van der Waals surface area contributed by atoms with Crippen LogP contribution < -0.4 is 0 Å². The molecule has 0 fully saturated rings. The Kier molecular flexibility index (Phi) is 4.81. The van der Waals surface area contributed by atoms with Gasteiger partial charge in [0, 0.05) is 0 Å². The maximum atomic E-state index is 11.4. The third-order valence-electron chi connectivity index (χ3n) is 1.96. The predicted octanol–water partition coefficient (Wildman–Crippen LogP) is 2.59. The van der Waals surface area contributed by atoms with Gasteiger partial charge in [-0.2, -0.15) is 5.26 Å². The van der Waals surface area contributed by atoms with Crippen molar-refractivity contribution in [2.24, 2.45) is 0 Å². The van der Waals surface area contributed by atoms with Crippen LogP contribution in [0, 0.1) is 11.3 Å². The van der Waals surface area contributed by atoms with E-state index in [0.717, 1.165) is 5.56 Å². The van der Waals surface area contributed by atoms with Crippen LogP contribution in [0.15, 0.2) is 42.0 Å². The lowest BCUT2D eigenvalue weighted by Crippen LogP contribution is -2.06. The Bertz CT molecular complexity index is 415. The minimum atomic E-state index is -0.562. The molecule has 1 rings (SSSR count). The Morgan fingerprint density at radius 2 is 2.12 bits per heavy atom. The zero-order chi connectivity index (χ0) is 11.8. The summed E-state index contributed by atoms with van der Waals surface area (Å²) in [5.41, 5.74) is 0.975. The first-order chi connectivity index (χ1) is 7.77. The van der Waals surface area contributed by atoms with Crippen molar-refractivity contribution in [3.8, 4) is 6.07 Å². The summed E-state index contributed by atoms with van der Waals surface area (Å²) in [6.45, 7) is 2.06. The number of carbonyl (C=O) groups excluding carboxylic acids is 1. The van der Waals surface area contributed by atoms with Crippen molar-refractivity contribution >= 4 is 5.97 Å². The minimum absolute atomic E-state index is 0.0680. The Balaban J connectivity index is 2.54. The van der Waals surface area contributed by atoms with E-state index in [1.807, 2.05) is 43.3 Å². The average Bonchev–Trinajstić information content (AvgIpc) is 2.34. The van der Waals surface area contributed by atoms with Gasteiger partial charge in [-0.25, -0.2) is 4.79 Å². The van der Waals surface area contributed by atoms with Gasteiger partial charge in [-0.3, -0.25) is 0 Å². The second-order valence-electron chi connectivity index (χ2n) is 3.20. The molecular weight excluding hydrogens is 202 g/mol. The quantitative estimate of drug-likeness (QED) is 0.440. The van der Waals surface area contributed by atoms with Crippen molar-refractivity contribution in [3.05, 3.63) is 47.5 Å².